The number of amides is 2. The van der Waals surface area contributed by atoms with Crippen molar-refractivity contribution in [2.24, 2.45) is 0 Å². The summed E-state index contributed by atoms with van der Waals surface area (Å²) in [5, 5.41) is 1.98. The van der Waals surface area contributed by atoms with Gasteiger partial charge in [-0.2, -0.15) is 13.2 Å². The number of halogens is 3. The minimum atomic E-state index is -4.44. The minimum absolute atomic E-state index is 0.278. The molecule has 1 heterocycles. The van der Waals surface area contributed by atoms with Crippen LogP contribution in [0.25, 0.3) is 0 Å². The van der Waals surface area contributed by atoms with E-state index in [2.05, 4.69) is 4.90 Å². The molecular weight excluding hydrogens is 319 g/mol. The number of likely N-dealkylation sites (tertiary alicyclic amines) is 1. The molecule has 0 aliphatic carbocycles. The molecule has 0 saturated carbocycles. The highest BCUT2D eigenvalue weighted by Gasteiger charge is 2.37. The molecule has 134 valence electrons. The molecule has 0 spiro atoms. The Bertz CT molecular complexity index is 556. The number of hydrogen-bond acceptors (Lipinski definition) is 2. The average Bonchev–Trinajstić information content (AvgIpc) is 3.01. The molecule has 2 rings (SSSR count). The molecule has 1 atom stereocenters. The highest BCUT2D eigenvalue weighted by atomic mass is 19.4. The van der Waals surface area contributed by atoms with Gasteiger partial charge >= 0.3 is 12.2 Å². The van der Waals surface area contributed by atoms with Gasteiger partial charge in [-0.05, 0) is 44.0 Å². The van der Waals surface area contributed by atoms with Gasteiger partial charge in [0.2, 0.25) is 0 Å². The summed E-state index contributed by atoms with van der Waals surface area (Å²) < 4.78 is 37.7. The molecule has 1 aromatic carbocycles. The van der Waals surface area contributed by atoms with Crippen LogP contribution in [0.2, 0.25) is 0 Å². The lowest BCUT2D eigenvalue weighted by Crippen LogP contribution is -2.47. The van der Waals surface area contributed by atoms with Gasteiger partial charge in [-0.1, -0.05) is 24.3 Å². The van der Waals surface area contributed by atoms with Gasteiger partial charge in [0.25, 0.3) is 0 Å². The average molecular weight is 343 g/mol. The van der Waals surface area contributed by atoms with Crippen molar-refractivity contribution >= 4 is 6.03 Å². The van der Waals surface area contributed by atoms with Gasteiger partial charge in [-0.3, -0.25) is 4.90 Å². The van der Waals surface area contributed by atoms with Gasteiger partial charge < -0.3 is 10.2 Å². The Morgan fingerprint density at radius 2 is 1.83 bits per heavy atom. The van der Waals surface area contributed by atoms with Crippen molar-refractivity contribution < 1.29 is 18.0 Å². The fraction of sp³-hybridized carbons (Fsp3) is 0.588. The number of carbonyl (C=O) groups excluding carboxylic acids is 1. The number of alkyl halides is 3. The molecule has 1 N–H and O–H groups in total. The fourth-order valence-corrected chi connectivity index (χ4v) is 2.75. The molecule has 0 radical (unpaired) electrons. The van der Waals surface area contributed by atoms with E-state index in [1.165, 1.54) is 24.8 Å². The first-order valence-corrected chi connectivity index (χ1v) is 8.15. The number of hydrogen-bond donors (Lipinski definition) is 1. The number of nitrogens with zero attached hydrogens (tertiary/aromatic N) is 2. The summed E-state index contributed by atoms with van der Waals surface area (Å²) in [4.78, 5) is 15.6. The van der Waals surface area contributed by atoms with Crippen molar-refractivity contribution in [3.63, 3.8) is 0 Å². The van der Waals surface area contributed by atoms with E-state index in [9.17, 15) is 18.0 Å². The van der Waals surface area contributed by atoms with Crippen LogP contribution in [0.3, 0.4) is 0 Å². The Labute approximate surface area is 140 Å². The highest BCUT2D eigenvalue weighted by molar-refractivity contribution is 5.74. The van der Waals surface area contributed by atoms with Crippen LogP contribution < -0.4 is 5.32 Å². The molecular formula is C17H24F3N3O. The largest absolute Gasteiger partial charge is 0.408 e. The predicted molar refractivity (Wildman–Crippen MR) is 86.5 cm³/mol. The first-order valence-electron chi connectivity index (χ1n) is 8.15. The minimum Gasteiger partial charge on any atom is -0.326 e. The van der Waals surface area contributed by atoms with Gasteiger partial charge in [-0.25, -0.2) is 4.79 Å². The normalized spacial score (nSPS) is 16.9. The van der Waals surface area contributed by atoms with Crippen LogP contribution in [0.5, 0.6) is 0 Å². The van der Waals surface area contributed by atoms with Crippen LogP contribution in [0.15, 0.2) is 24.3 Å². The first kappa shape index (κ1) is 18.6. The molecule has 1 unspecified atom stereocenters. The molecule has 1 aromatic rings. The summed E-state index contributed by atoms with van der Waals surface area (Å²) in [5.74, 6) is 0. The SMILES string of the molecule is CC(NC(=O)N(C)Cc1ccccc1CN1CCCC1)C(F)(F)F. The summed E-state index contributed by atoms with van der Waals surface area (Å²) >= 11 is 0. The van der Waals surface area contributed by atoms with Gasteiger partial charge in [-0.15, -0.1) is 0 Å². The third-order valence-electron chi connectivity index (χ3n) is 4.30. The van der Waals surface area contributed by atoms with Crippen LogP contribution in [0.1, 0.15) is 30.9 Å². The standard InChI is InChI=1S/C17H24F3N3O/c1-13(17(18,19)20)21-16(24)22(2)11-14-7-3-4-8-15(14)12-23-9-5-6-10-23/h3-4,7-8,13H,5-6,9-12H2,1-2H3,(H,21,24). The summed E-state index contributed by atoms with van der Waals surface area (Å²) in [6, 6.07) is 5.16. The van der Waals surface area contributed by atoms with Crippen LogP contribution in [-0.2, 0) is 13.1 Å². The van der Waals surface area contributed by atoms with Crippen molar-refractivity contribution in [1.82, 2.24) is 15.1 Å². The zero-order chi connectivity index (χ0) is 17.7. The van der Waals surface area contributed by atoms with E-state index in [1.54, 1.807) is 0 Å². The van der Waals surface area contributed by atoms with E-state index < -0.39 is 18.2 Å². The summed E-state index contributed by atoms with van der Waals surface area (Å²) in [6.45, 7) is 4.15. The maximum atomic E-state index is 12.6. The zero-order valence-electron chi connectivity index (χ0n) is 14.1. The van der Waals surface area contributed by atoms with Gasteiger partial charge in [0, 0.05) is 20.1 Å². The van der Waals surface area contributed by atoms with Crippen LogP contribution in [-0.4, -0.2) is 48.2 Å². The molecule has 1 aliphatic heterocycles. The van der Waals surface area contributed by atoms with E-state index in [-0.39, 0.29) is 6.54 Å². The summed E-state index contributed by atoms with van der Waals surface area (Å²) in [7, 11) is 1.51. The van der Waals surface area contributed by atoms with Crippen LogP contribution >= 0.6 is 0 Å². The lowest BCUT2D eigenvalue weighted by Gasteiger charge is -2.24. The summed E-state index contributed by atoms with van der Waals surface area (Å²) in [5.41, 5.74) is 2.07. The van der Waals surface area contributed by atoms with Crippen molar-refractivity contribution in [1.29, 1.82) is 0 Å². The molecule has 0 aromatic heterocycles. The third kappa shape index (κ3) is 5.12. The number of rotatable bonds is 5. The van der Waals surface area contributed by atoms with E-state index >= 15 is 0 Å². The third-order valence-corrected chi connectivity index (χ3v) is 4.30. The van der Waals surface area contributed by atoms with Crippen molar-refractivity contribution in [2.45, 2.75) is 45.1 Å². The maximum Gasteiger partial charge on any atom is 0.408 e. The number of benzene rings is 1. The monoisotopic (exact) mass is 343 g/mol. The molecule has 4 nitrogen and oxygen atoms in total. The van der Waals surface area contributed by atoms with E-state index in [0.29, 0.717) is 0 Å². The Morgan fingerprint density at radius 3 is 2.42 bits per heavy atom. The van der Waals surface area contributed by atoms with Crippen LogP contribution in [0.4, 0.5) is 18.0 Å². The van der Waals surface area contributed by atoms with Crippen molar-refractivity contribution in [2.75, 3.05) is 20.1 Å². The Balaban J connectivity index is 1.98. The number of nitrogens with one attached hydrogen (secondary N) is 1. The van der Waals surface area contributed by atoms with Crippen molar-refractivity contribution in [3.8, 4) is 0 Å². The molecule has 1 saturated heterocycles. The molecule has 0 bridgehead atoms. The van der Waals surface area contributed by atoms with E-state index in [1.807, 2.05) is 29.6 Å². The van der Waals surface area contributed by atoms with Crippen molar-refractivity contribution in [3.05, 3.63) is 35.4 Å². The highest BCUT2D eigenvalue weighted by Crippen LogP contribution is 2.20. The fourth-order valence-electron chi connectivity index (χ4n) is 2.75. The smallest absolute Gasteiger partial charge is 0.326 e. The maximum absolute atomic E-state index is 12.6. The lowest BCUT2D eigenvalue weighted by molar-refractivity contribution is -0.149. The molecule has 1 fully saturated rings. The Hall–Kier alpha value is -1.76. The van der Waals surface area contributed by atoms with E-state index in [4.69, 9.17) is 0 Å². The molecule has 1 aliphatic rings. The first-order chi connectivity index (χ1) is 11.3. The van der Waals surface area contributed by atoms with Gasteiger partial charge in [0.05, 0.1) is 0 Å². The van der Waals surface area contributed by atoms with Crippen LogP contribution in [0, 0.1) is 0 Å². The molecule has 2 amide bonds. The topological polar surface area (TPSA) is 35.6 Å². The van der Waals surface area contributed by atoms with E-state index in [0.717, 1.165) is 37.7 Å². The second-order valence-corrected chi connectivity index (χ2v) is 6.32. The second kappa shape index (κ2) is 7.88. The number of urea groups is 1. The summed E-state index contributed by atoms with van der Waals surface area (Å²) in [6.07, 6.45) is -2.05. The Kier molecular flexibility index (Phi) is 6.10. The van der Waals surface area contributed by atoms with Gasteiger partial charge in [0.15, 0.2) is 0 Å². The number of carbonyl (C=O) groups is 1. The molecule has 24 heavy (non-hydrogen) atoms. The zero-order valence-corrected chi connectivity index (χ0v) is 14.1. The predicted octanol–water partition coefficient (Wildman–Crippen LogP) is 3.37. The molecule has 7 heteroatoms. The van der Waals surface area contributed by atoms with Gasteiger partial charge in [0.1, 0.15) is 6.04 Å². The lowest BCUT2D eigenvalue weighted by atomic mass is 10.1. The quantitative estimate of drug-likeness (QED) is 0.890. The Morgan fingerprint density at radius 1 is 1.25 bits per heavy atom. The second-order valence-electron chi connectivity index (χ2n) is 6.32.